The number of rotatable bonds is 1. The van der Waals surface area contributed by atoms with Gasteiger partial charge in [-0.3, -0.25) is 0 Å². The van der Waals surface area contributed by atoms with Gasteiger partial charge in [0.1, 0.15) is 0 Å². The zero-order chi connectivity index (χ0) is 8.43. The van der Waals surface area contributed by atoms with Crippen LogP contribution < -0.4 is 0 Å². The SMILES string of the molecule is Fc1ccc(Cl)c(CBr)c1F. The highest BCUT2D eigenvalue weighted by atomic mass is 79.9. The molecule has 0 nitrogen and oxygen atoms in total. The van der Waals surface area contributed by atoms with Gasteiger partial charge < -0.3 is 0 Å². The van der Waals surface area contributed by atoms with Gasteiger partial charge in [0.25, 0.3) is 0 Å². The lowest BCUT2D eigenvalue weighted by atomic mass is 10.2. The van der Waals surface area contributed by atoms with Crippen molar-refractivity contribution < 1.29 is 8.78 Å². The molecule has 0 amide bonds. The van der Waals surface area contributed by atoms with Gasteiger partial charge >= 0.3 is 0 Å². The summed E-state index contributed by atoms with van der Waals surface area (Å²) in [5.74, 6) is -1.75. The smallest absolute Gasteiger partial charge is 0.164 e. The molecule has 0 aliphatic heterocycles. The molecule has 0 radical (unpaired) electrons. The molecule has 1 aromatic rings. The lowest BCUT2D eigenvalue weighted by Crippen LogP contribution is -1.91. The van der Waals surface area contributed by atoms with E-state index in [-0.39, 0.29) is 15.9 Å². The zero-order valence-electron chi connectivity index (χ0n) is 5.37. The molecule has 0 saturated carbocycles. The van der Waals surface area contributed by atoms with Crippen LogP contribution in [0, 0.1) is 11.6 Å². The van der Waals surface area contributed by atoms with Crippen molar-refractivity contribution in [1.29, 1.82) is 0 Å². The predicted molar refractivity (Wildman–Crippen MR) is 44.0 cm³/mol. The summed E-state index contributed by atoms with van der Waals surface area (Å²) in [7, 11) is 0. The zero-order valence-corrected chi connectivity index (χ0v) is 7.72. The number of hydrogen-bond donors (Lipinski definition) is 0. The van der Waals surface area contributed by atoms with E-state index in [9.17, 15) is 8.78 Å². The molecule has 0 unspecified atom stereocenters. The number of halogens is 4. The van der Waals surface area contributed by atoms with Crippen molar-refractivity contribution in [3.05, 3.63) is 34.4 Å². The van der Waals surface area contributed by atoms with Crippen molar-refractivity contribution >= 4 is 27.5 Å². The van der Waals surface area contributed by atoms with Crippen LogP contribution >= 0.6 is 27.5 Å². The van der Waals surface area contributed by atoms with Gasteiger partial charge in [0.15, 0.2) is 11.6 Å². The average molecular weight is 241 g/mol. The number of benzene rings is 1. The quantitative estimate of drug-likeness (QED) is 0.521. The molecule has 0 spiro atoms. The van der Waals surface area contributed by atoms with Gasteiger partial charge in [-0.2, -0.15) is 0 Å². The van der Waals surface area contributed by atoms with Crippen molar-refractivity contribution in [2.75, 3.05) is 0 Å². The fourth-order valence-corrected chi connectivity index (χ4v) is 1.61. The van der Waals surface area contributed by atoms with E-state index >= 15 is 0 Å². The molecule has 0 saturated heterocycles. The molecule has 4 heteroatoms. The Morgan fingerprint density at radius 2 is 2.00 bits per heavy atom. The van der Waals surface area contributed by atoms with Crippen molar-refractivity contribution in [3.63, 3.8) is 0 Å². The minimum absolute atomic E-state index is 0.159. The van der Waals surface area contributed by atoms with E-state index in [0.29, 0.717) is 0 Å². The largest absolute Gasteiger partial charge is 0.204 e. The topological polar surface area (TPSA) is 0 Å². The summed E-state index contributed by atoms with van der Waals surface area (Å²) in [6.07, 6.45) is 0. The summed E-state index contributed by atoms with van der Waals surface area (Å²) in [4.78, 5) is 0. The van der Waals surface area contributed by atoms with Crippen LogP contribution in [0.2, 0.25) is 5.02 Å². The summed E-state index contributed by atoms with van der Waals surface area (Å²) in [6.45, 7) is 0. The third kappa shape index (κ3) is 1.71. The van der Waals surface area contributed by atoms with E-state index in [2.05, 4.69) is 15.9 Å². The molecular formula is C7H4BrClF2. The Balaban J connectivity index is 3.29. The summed E-state index contributed by atoms with van der Waals surface area (Å²) >= 11 is 8.57. The van der Waals surface area contributed by atoms with Gasteiger partial charge in [0.2, 0.25) is 0 Å². The van der Waals surface area contributed by atoms with Gasteiger partial charge in [-0.15, -0.1) is 0 Å². The van der Waals surface area contributed by atoms with Gasteiger partial charge in [-0.1, -0.05) is 27.5 Å². The third-order valence-electron chi connectivity index (χ3n) is 1.27. The molecule has 0 aliphatic rings. The minimum Gasteiger partial charge on any atom is -0.204 e. The highest BCUT2D eigenvalue weighted by Gasteiger charge is 2.10. The monoisotopic (exact) mass is 240 g/mol. The molecule has 1 aromatic carbocycles. The van der Waals surface area contributed by atoms with E-state index in [0.717, 1.165) is 6.07 Å². The van der Waals surface area contributed by atoms with E-state index < -0.39 is 11.6 Å². The maximum atomic E-state index is 12.8. The Kier molecular flexibility index (Phi) is 2.84. The Hall–Kier alpha value is -0.150. The van der Waals surface area contributed by atoms with Crippen LogP contribution in [-0.4, -0.2) is 0 Å². The maximum Gasteiger partial charge on any atom is 0.164 e. The Labute approximate surface area is 76.3 Å². The molecule has 0 heterocycles. The van der Waals surface area contributed by atoms with Gasteiger partial charge in [0.05, 0.1) is 0 Å². The average Bonchev–Trinajstić information content (AvgIpc) is 1.99. The van der Waals surface area contributed by atoms with E-state index in [1.807, 2.05) is 0 Å². The lowest BCUT2D eigenvalue weighted by molar-refractivity contribution is 0.503. The molecule has 60 valence electrons. The highest BCUT2D eigenvalue weighted by molar-refractivity contribution is 9.08. The van der Waals surface area contributed by atoms with E-state index in [1.165, 1.54) is 6.07 Å². The summed E-state index contributed by atoms with van der Waals surface area (Å²) < 4.78 is 25.3. The second-order valence-electron chi connectivity index (χ2n) is 1.96. The van der Waals surface area contributed by atoms with Crippen LogP contribution in [0.3, 0.4) is 0 Å². The summed E-state index contributed by atoms with van der Waals surface area (Å²) in [6, 6.07) is 2.33. The molecular weight excluding hydrogens is 237 g/mol. The Morgan fingerprint density at radius 3 is 2.45 bits per heavy atom. The van der Waals surface area contributed by atoms with Crippen LogP contribution in [0.5, 0.6) is 0 Å². The molecule has 11 heavy (non-hydrogen) atoms. The first-order chi connectivity index (χ1) is 5.16. The van der Waals surface area contributed by atoms with Gasteiger partial charge in [-0.05, 0) is 12.1 Å². The fourth-order valence-electron chi connectivity index (χ4n) is 0.692. The fraction of sp³-hybridized carbons (Fsp3) is 0.143. The molecule has 0 bridgehead atoms. The predicted octanol–water partition coefficient (Wildman–Crippen LogP) is 3.51. The molecule has 0 N–H and O–H groups in total. The van der Waals surface area contributed by atoms with Gasteiger partial charge in [0, 0.05) is 15.9 Å². The Bertz CT molecular complexity index is 275. The van der Waals surface area contributed by atoms with Crippen molar-refractivity contribution in [2.45, 2.75) is 5.33 Å². The van der Waals surface area contributed by atoms with Crippen LogP contribution in [0.15, 0.2) is 12.1 Å². The van der Waals surface area contributed by atoms with Crippen molar-refractivity contribution in [1.82, 2.24) is 0 Å². The molecule has 0 fully saturated rings. The van der Waals surface area contributed by atoms with Crippen LogP contribution in [0.25, 0.3) is 0 Å². The Morgan fingerprint density at radius 1 is 1.36 bits per heavy atom. The lowest BCUT2D eigenvalue weighted by Gasteiger charge is -2.01. The van der Waals surface area contributed by atoms with Crippen molar-refractivity contribution in [2.24, 2.45) is 0 Å². The van der Waals surface area contributed by atoms with E-state index in [4.69, 9.17) is 11.6 Å². The highest BCUT2D eigenvalue weighted by Crippen LogP contribution is 2.23. The molecule has 0 aromatic heterocycles. The second kappa shape index (κ2) is 3.50. The number of alkyl halides is 1. The summed E-state index contributed by atoms with van der Waals surface area (Å²) in [5.41, 5.74) is 0.159. The van der Waals surface area contributed by atoms with Crippen LogP contribution in [-0.2, 0) is 5.33 Å². The standard InChI is InChI=1S/C7H4BrClF2/c8-3-4-5(9)1-2-6(10)7(4)11/h1-2H,3H2. The molecule has 0 aliphatic carbocycles. The molecule has 1 rings (SSSR count). The molecule has 0 atom stereocenters. The van der Waals surface area contributed by atoms with Crippen LogP contribution in [0.4, 0.5) is 8.78 Å². The number of hydrogen-bond acceptors (Lipinski definition) is 0. The van der Waals surface area contributed by atoms with Crippen LogP contribution in [0.1, 0.15) is 5.56 Å². The third-order valence-corrected chi connectivity index (χ3v) is 2.19. The normalized spacial score (nSPS) is 10.2. The second-order valence-corrected chi connectivity index (χ2v) is 2.92. The minimum atomic E-state index is -0.880. The maximum absolute atomic E-state index is 12.8. The first-order valence-electron chi connectivity index (χ1n) is 2.85. The first-order valence-corrected chi connectivity index (χ1v) is 4.35. The summed E-state index contributed by atoms with van der Waals surface area (Å²) in [5, 5.41) is 0.455. The van der Waals surface area contributed by atoms with E-state index in [1.54, 1.807) is 0 Å². The van der Waals surface area contributed by atoms with Gasteiger partial charge in [-0.25, -0.2) is 8.78 Å². The first kappa shape index (κ1) is 8.94. The van der Waals surface area contributed by atoms with Crippen molar-refractivity contribution in [3.8, 4) is 0 Å².